The van der Waals surface area contributed by atoms with Gasteiger partial charge in [-0.15, -0.1) is 11.3 Å². The maximum atomic E-state index is 12.8. The van der Waals surface area contributed by atoms with Crippen LogP contribution in [0.5, 0.6) is 5.75 Å². The minimum Gasteiger partial charge on any atom is -0.493 e. The Kier molecular flexibility index (Phi) is 4.85. The zero-order valence-corrected chi connectivity index (χ0v) is 15.6. The Balaban J connectivity index is 1.60. The second kappa shape index (κ2) is 7.60. The molecule has 1 aromatic heterocycles. The maximum Gasteiger partial charge on any atom is 0.258 e. The van der Waals surface area contributed by atoms with Crippen molar-refractivity contribution in [2.45, 2.75) is 6.92 Å². The van der Waals surface area contributed by atoms with Gasteiger partial charge in [0, 0.05) is 16.5 Å². The van der Waals surface area contributed by atoms with Crippen LogP contribution in [0.25, 0.3) is 22.0 Å². The van der Waals surface area contributed by atoms with Gasteiger partial charge in [0.25, 0.3) is 5.91 Å². The Bertz CT molecular complexity index is 1100. The van der Waals surface area contributed by atoms with Crippen LogP contribution in [0.2, 0.25) is 0 Å². The molecule has 134 valence electrons. The second-order valence-corrected chi connectivity index (χ2v) is 6.81. The summed E-state index contributed by atoms with van der Waals surface area (Å²) in [6.07, 6.45) is 0. The van der Waals surface area contributed by atoms with Crippen LogP contribution >= 0.6 is 11.3 Å². The van der Waals surface area contributed by atoms with Crippen molar-refractivity contribution in [3.8, 4) is 17.0 Å². The molecule has 0 bridgehead atoms. The van der Waals surface area contributed by atoms with Crippen molar-refractivity contribution in [3.63, 3.8) is 0 Å². The first kappa shape index (κ1) is 17.2. The van der Waals surface area contributed by atoms with Gasteiger partial charge < -0.3 is 4.74 Å². The molecular formula is C22H18N2O2S. The summed E-state index contributed by atoms with van der Waals surface area (Å²) in [4.78, 5) is 17.3. The number of ether oxygens (including phenoxy) is 1. The van der Waals surface area contributed by atoms with E-state index in [0.717, 1.165) is 27.8 Å². The van der Waals surface area contributed by atoms with Gasteiger partial charge in [0.15, 0.2) is 5.13 Å². The quantitative estimate of drug-likeness (QED) is 0.494. The van der Waals surface area contributed by atoms with E-state index in [2.05, 4.69) is 10.3 Å². The lowest BCUT2D eigenvalue weighted by Crippen LogP contribution is -2.12. The van der Waals surface area contributed by atoms with E-state index in [0.29, 0.717) is 17.3 Å². The lowest BCUT2D eigenvalue weighted by Gasteiger charge is -2.08. The fourth-order valence-electron chi connectivity index (χ4n) is 3.00. The van der Waals surface area contributed by atoms with Gasteiger partial charge in [0.1, 0.15) is 5.75 Å². The second-order valence-electron chi connectivity index (χ2n) is 5.95. The van der Waals surface area contributed by atoms with Crippen LogP contribution in [0.3, 0.4) is 0 Å². The third-order valence-corrected chi connectivity index (χ3v) is 4.98. The zero-order valence-electron chi connectivity index (χ0n) is 14.8. The molecule has 3 aromatic carbocycles. The van der Waals surface area contributed by atoms with Gasteiger partial charge in [0.2, 0.25) is 0 Å². The topological polar surface area (TPSA) is 51.2 Å². The van der Waals surface area contributed by atoms with Crippen molar-refractivity contribution in [3.05, 3.63) is 77.7 Å². The number of anilines is 1. The summed E-state index contributed by atoms with van der Waals surface area (Å²) in [5.41, 5.74) is 2.35. The first-order chi connectivity index (χ1) is 13.3. The standard InChI is InChI=1S/C22H18N2O2S/c1-2-26-20-13-6-5-11-18(20)19-14-27-22(23-19)24-21(25)17-12-7-9-15-8-3-4-10-16(15)17/h3-14H,2H2,1H3,(H,23,24,25). The molecule has 0 atom stereocenters. The molecule has 4 aromatic rings. The largest absolute Gasteiger partial charge is 0.493 e. The number of nitrogens with zero attached hydrogens (tertiary/aromatic N) is 1. The van der Waals surface area contributed by atoms with Crippen molar-refractivity contribution in [1.29, 1.82) is 0 Å². The molecule has 1 amide bonds. The van der Waals surface area contributed by atoms with E-state index in [-0.39, 0.29) is 5.91 Å². The van der Waals surface area contributed by atoms with Crippen molar-refractivity contribution < 1.29 is 9.53 Å². The van der Waals surface area contributed by atoms with Crippen LogP contribution in [-0.2, 0) is 0 Å². The molecule has 1 N–H and O–H groups in total. The molecule has 0 fully saturated rings. The monoisotopic (exact) mass is 374 g/mol. The van der Waals surface area contributed by atoms with Crippen LogP contribution in [0.15, 0.2) is 72.1 Å². The van der Waals surface area contributed by atoms with Crippen LogP contribution in [0, 0.1) is 0 Å². The van der Waals surface area contributed by atoms with Gasteiger partial charge in [-0.1, -0.05) is 48.5 Å². The van der Waals surface area contributed by atoms with Gasteiger partial charge in [-0.2, -0.15) is 0 Å². The SMILES string of the molecule is CCOc1ccccc1-c1csc(NC(=O)c2cccc3ccccc23)n1. The molecule has 0 aliphatic rings. The van der Waals surface area contributed by atoms with E-state index < -0.39 is 0 Å². The third-order valence-electron chi connectivity index (χ3n) is 4.22. The summed E-state index contributed by atoms with van der Waals surface area (Å²) in [5, 5.41) is 7.38. The molecule has 1 heterocycles. The summed E-state index contributed by atoms with van der Waals surface area (Å²) in [5.74, 6) is 0.628. The number of thiazole rings is 1. The van der Waals surface area contributed by atoms with Gasteiger partial charge in [-0.05, 0) is 35.9 Å². The van der Waals surface area contributed by atoms with E-state index >= 15 is 0 Å². The summed E-state index contributed by atoms with van der Waals surface area (Å²) >= 11 is 1.40. The number of hydrogen-bond acceptors (Lipinski definition) is 4. The molecule has 27 heavy (non-hydrogen) atoms. The van der Waals surface area contributed by atoms with Gasteiger partial charge in [-0.25, -0.2) is 4.98 Å². The smallest absolute Gasteiger partial charge is 0.258 e. The Morgan fingerprint density at radius 3 is 2.70 bits per heavy atom. The fourth-order valence-corrected chi connectivity index (χ4v) is 3.71. The molecule has 0 saturated carbocycles. The summed E-state index contributed by atoms with van der Waals surface area (Å²) in [7, 11) is 0. The number of rotatable bonds is 5. The molecule has 4 nitrogen and oxygen atoms in total. The number of carbonyl (C=O) groups is 1. The van der Waals surface area contributed by atoms with E-state index in [4.69, 9.17) is 4.74 Å². The van der Waals surface area contributed by atoms with E-state index in [1.165, 1.54) is 11.3 Å². The molecule has 0 aliphatic carbocycles. The van der Waals surface area contributed by atoms with Crippen LogP contribution in [-0.4, -0.2) is 17.5 Å². The molecule has 0 unspecified atom stereocenters. The van der Waals surface area contributed by atoms with Gasteiger partial charge in [-0.3, -0.25) is 10.1 Å². The van der Waals surface area contributed by atoms with Crippen LogP contribution < -0.4 is 10.1 Å². The zero-order chi connectivity index (χ0) is 18.6. The number of fused-ring (bicyclic) bond motifs is 1. The predicted octanol–water partition coefficient (Wildman–Crippen LogP) is 5.61. The first-order valence-electron chi connectivity index (χ1n) is 8.73. The average Bonchev–Trinajstić information content (AvgIpc) is 3.16. The molecule has 0 radical (unpaired) electrons. The summed E-state index contributed by atoms with van der Waals surface area (Å²) in [6.45, 7) is 2.54. The molecule has 0 saturated heterocycles. The van der Waals surface area contributed by atoms with Crippen LogP contribution in [0.4, 0.5) is 5.13 Å². The predicted molar refractivity (Wildman–Crippen MR) is 111 cm³/mol. The number of aromatic nitrogens is 1. The van der Waals surface area contributed by atoms with E-state index in [1.807, 2.05) is 79.0 Å². The van der Waals surface area contributed by atoms with Crippen molar-refractivity contribution >= 4 is 33.1 Å². The van der Waals surface area contributed by atoms with E-state index in [1.54, 1.807) is 0 Å². The lowest BCUT2D eigenvalue weighted by atomic mass is 10.0. The Hall–Kier alpha value is -3.18. The van der Waals surface area contributed by atoms with Crippen molar-refractivity contribution in [2.75, 3.05) is 11.9 Å². The Morgan fingerprint density at radius 1 is 1.04 bits per heavy atom. The molecule has 0 spiro atoms. The Labute approximate surface area is 161 Å². The van der Waals surface area contributed by atoms with Gasteiger partial charge >= 0.3 is 0 Å². The highest BCUT2D eigenvalue weighted by Gasteiger charge is 2.14. The molecule has 0 aliphatic heterocycles. The van der Waals surface area contributed by atoms with Crippen molar-refractivity contribution in [1.82, 2.24) is 4.98 Å². The average molecular weight is 374 g/mol. The Morgan fingerprint density at radius 2 is 1.81 bits per heavy atom. The number of carbonyl (C=O) groups excluding carboxylic acids is 1. The van der Waals surface area contributed by atoms with Crippen molar-refractivity contribution in [2.24, 2.45) is 0 Å². The highest BCUT2D eigenvalue weighted by Crippen LogP contribution is 2.32. The number of amides is 1. The van der Waals surface area contributed by atoms with Crippen LogP contribution in [0.1, 0.15) is 17.3 Å². The first-order valence-corrected chi connectivity index (χ1v) is 9.61. The number of para-hydroxylation sites is 1. The van der Waals surface area contributed by atoms with E-state index in [9.17, 15) is 4.79 Å². The number of nitrogens with one attached hydrogen (secondary N) is 1. The summed E-state index contributed by atoms with van der Waals surface area (Å²) in [6, 6.07) is 21.3. The minimum absolute atomic E-state index is 0.161. The fraction of sp³-hybridized carbons (Fsp3) is 0.0909. The third kappa shape index (κ3) is 3.55. The minimum atomic E-state index is -0.161. The number of hydrogen-bond donors (Lipinski definition) is 1. The summed E-state index contributed by atoms with van der Waals surface area (Å²) < 4.78 is 5.68. The molecule has 5 heteroatoms. The highest BCUT2D eigenvalue weighted by atomic mass is 32.1. The normalized spacial score (nSPS) is 10.7. The van der Waals surface area contributed by atoms with Gasteiger partial charge in [0.05, 0.1) is 12.3 Å². The lowest BCUT2D eigenvalue weighted by molar-refractivity contribution is 0.102. The number of benzene rings is 3. The highest BCUT2D eigenvalue weighted by molar-refractivity contribution is 7.14. The molecule has 4 rings (SSSR count). The maximum absolute atomic E-state index is 12.8. The molecular weight excluding hydrogens is 356 g/mol.